The molecule has 0 saturated carbocycles. The van der Waals surface area contributed by atoms with E-state index in [9.17, 15) is 4.79 Å². The average molecular weight is 357 g/mol. The van der Waals surface area contributed by atoms with Crippen LogP contribution in [0.5, 0.6) is 11.5 Å². The molecule has 116 valence electrons. The number of piperidine rings is 1. The third-order valence-corrected chi connectivity index (χ3v) is 4.65. The lowest BCUT2D eigenvalue weighted by atomic mass is 9.98. The molecule has 1 aliphatic heterocycles. The Morgan fingerprint density at radius 1 is 1.33 bits per heavy atom. The van der Waals surface area contributed by atoms with Gasteiger partial charge in [0.15, 0.2) is 0 Å². The molecule has 2 rings (SSSR count). The van der Waals surface area contributed by atoms with Crippen molar-refractivity contribution in [2.24, 2.45) is 5.73 Å². The Morgan fingerprint density at radius 2 is 1.90 bits per heavy atom. The van der Waals surface area contributed by atoms with Crippen LogP contribution >= 0.6 is 15.9 Å². The number of likely N-dealkylation sites (tertiary alicyclic amines) is 1. The molecule has 0 bridgehead atoms. The number of ether oxygens (including phenoxy) is 2. The van der Waals surface area contributed by atoms with E-state index in [-0.39, 0.29) is 18.0 Å². The lowest BCUT2D eigenvalue weighted by Gasteiger charge is -2.36. The van der Waals surface area contributed by atoms with Gasteiger partial charge in [-0.1, -0.05) is 0 Å². The van der Waals surface area contributed by atoms with E-state index in [1.165, 1.54) is 0 Å². The molecule has 2 atom stereocenters. The van der Waals surface area contributed by atoms with Gasteiger partial charge >= 0.3 is 0 Å². The Morgan fingerprint density at radius 3 is 2.38 bits per heavy atom. The molecular formula is C15H21BrN2O3. The van der Waals surface area contributed by atoms with Crippen molar-refractivity contribution in [3.8, 4) is 11.5 Å². The van der Waals surface area contributed by atoms with Crippen LogP contribution in [0.3, 0.4) is 0 Å². The van der Waals surface area contributed by atoms with E-state index in [1.54, 1.807) is 26.4 Å². The Labute approximate surface area is 133 Å². The number of carbonyl (C=O) groups is 1. The van der Waals surface area contributed by atoms with Crippen molar-refractivity contribution in [1.29, 1.82) is 0 Å². The maximum atomic E-state index is 12.7. The number of nitrogens with zero attached hydrogens (tertiary/aromatic N) is 1. The molecule has 21 heavy (non-hydrogen) atoms. The normalized spacial score (nSPS) is 22.0. The Balaban J connectivity index is 2.30. The van der Waals surface area contributed by atoms with Crippen LogP contribution in [0, 0.1) is 0 Å². The number of methoxy groups -OCH3 is 2. The van der Waals surface area contributed by atoms with Gasteiger partial charge < -0.3 is 20.1 Å². The van der Waals surface area contributed by atoms with Crippen molar-refractivity contribution in [3.63, 3.8) is 0 Å². The Hall–Kier alpha value is -1.27. The summed E-state index contributed by atoms with van der Waals surface area (Å²) in [4.78, 5) is 14.6. The fraction of sp³-hybridized carbons (Fsp3) is 0.533. The largest absolute Gasteiger partial charge is 0.495 e. The average Bonchev–Trinajstić information content (AvgIpc) is 2.47. The lowest BCUT2D eigenvalue weighted by molar-refractivity contribution is 0.0618. The summed E-state index contributed by atoms with van der Waals surface area (Å²) >= 11 is 3.41. The highest BCUT2D eigenvalue weighted by molar-refractivity contribution is 9.10. The van der Waals surface area contributed by atoms with Crippen molar-refractivity contribution >= 4 is 21.8 Å². The highest BCUT2D eigenvalue weighted by Crippen LogP contribution is 2.36. The second-order valence-corrected chi connectivity index (χ2v) is 6.12. The van der Waals surface area contributed by atoms with E-state index in [4.69, 9.17) is 15.2 Å². The second kappa shape index (κ2) is 6.66. The number of carbonyl (C=O) groups excluding carboxylic acids is 1. The number of rotatable bonds is 3. The van der Waals surface area contributed by atoms with E-state index in [0.717, 1.165) is 12.8 Å². The third kappa shape index (κ3) is 3.32. The zero-order chi connectivity index (χ0) is 15.6. The van der Waals surface area contributed by atoms with Crippen molar-refractivity contribution in [3.05, 3.63) is 22.2 Å². The van der Waals surface area contributed by atoms with Crippen molar-refractivity contribution in [1.82, 2.24) is 4.90 Å². The minimum atomic E-state index is -0.0153. The summed E-state index contributed by atoms with van der Waals surface area (Å²) in [5, 5.41) is 0. The van der Waals surface area contributed by atoms with E-state index in [1.807, 2.05) is 11.8 Å². The quantitative estimate of drug-likeness (QED) is 0.902. The number of nitrogens with two attached hydrogens (primary N) is 1. The second-order valence-electron chi connectivity index (χ2n) is 5.33. The summed E-state index contributed by atoms with van der Waals surface area (Å²) in [6, 6.07) is 3.78. The minimum Gasteiger partial charge on any atom is -0.495 e. The van der Waals surface area contributed by atoms with Crippen LogP contribution in [0.2, 0.25) is 0 Å². The molecule has 0 aliphatic carbocycles. The first-order valence-corrected chi connectivity index (χ1v) is 7.75. The van der Waals surface area contributed by atoms with Crippen LogP contribution in [0.4, 0.5) is 0 Å². The Kier molecular flexibility index (Phi) is 5.11. The molecule has 0 radical (unpaired) electrons. The predicted molar refractivity (Wildman–Crippen MR) is 85.0 cm³/mol. The number of benzene rings is 1. The van der Waals surface area contributed by atoms with Gasteiger partial charge in [0.05, 0.1) is 14.2 Å². The SMILES string of the molecule is COc1cc(C(=O)N2CC[C@@H](N)C[C@H]2C)cc(OC)c1Br. The van der Waals surface area contributed by atoms with Crippen LogP contribution in [-0.2, 0) is 0 Å². The smallest absolute Gasteiger partial charge is 0.254 e. The molecule has 1 aromatic carbocycles. The maximum Gasteiger partial charge on any atom is 0.254 e. The summed E-state index contributed by atoms with van der Waals surface area (Å²) in [5.41, 5.74) is 6.52. The lowest BCUT2D eigenvalue weighted by Crippen LogP contribution is -2.48. The highest BCUT2D eigenvalue weighted by Gasteiger charge is 2.28. The van der Waals surface area contributed by atoms with Crippen LogP contribution in [0.1, 0.15) is 30.1 Å². The van der Waals surface area contributed by atoms with Crippen LogP contribution < -0.4 is 15.2 Å². The standard InChI is InChI=1S/C15H21BrN2O3/c1-9-6-11(17)4-5-18(9)15(19)10-7-12(20-2)14(16)13(8-10)21-3/h7-9,11H,4-6,17H2,1-3H3/t9-,11-/m1/s1. The first kappa shape index (κ1) is 16.1. The molecule has 1 aromatic rings. The topological polar surface area (TPSA) is 64.8 Å². The molecular weight excluding hydrogens is 336 g/mol. The number of hydrogen-bond acceptors (Lipinski definition) is 4. The molecule has 1 heterocycles. The molecule has 1 amide bonds. The van der Waals surface area contributed by atoms with Gasteiger partial charge in [0.1, 0.15) is 16.0 Å². The first-order chi connectivity index (χ1) is 9.97. The van der Waals surface area contributed by atoms with Gasteiger partial charge in [0, 0.05) is 24.2 Å². The summed E-state index contributed by atoms with van der Waals surface area (Å²) in [7, 11) is 3.13. The number of amides is 1. The van der Waals surface area contributed by atoms with Gasteiger partial charge in [0.2, 0.25) is 0 Å². The summed E-state index contributed by atoms with van der Waals surface area (Å²) < 4.78 is 11.3. The molecule has 0 aromatic heterocycles. The van der Waals surface area contributed by atoms with E-state index in [0.29, 0.717) is 28.1 Å². The molecule has 1 fully saturated rings. The van der Waals surface area contributed by atoms with Crippen molar-refractivity contribution in [2.45, 2.75) is 31.8 Å². The monoisotopic (exact) mass is 356 g/mol. The van der Waals surface area contributed by atoms with Crippen LogP contribution in [0.25, 0.3) is 0 Å². The van der Waals surface area contributed by atoms with Gasteiger partial charge in [-0.05, 0) is 47.8 Å². The molecule has 6 heteroatoms. The summed E-state index contributed by atoms with van der Waals surface area (Å²) in [6.07, 6.45) is 1.66. The van der Waals surface area contributed by atoms with Crippen molar-refractivity contribution in [2.75, 3.05) is 20.8 Å². The molecule has 0 spiro atoms. The summed E-state index contributed by atoms with van der Waals surface area (Å²) in [6.45, 7) is 2.71. The number of hydrogen-bond donors (Lipinski definition) is 1. The first-order valence-electron chi connectivity index (χ1n) is 6.96. The van der Waals surface area contributed by atoms with Gasteiger partial charge in [-0.2, -0.15) is 0 Å². The fourth-order valence-electron chi connectivity index (χ4n) is 2.67. The maximum absolute atomic E-state index is 12.7. The third-order valence-electron chi connectivity index (χ3n) is 3.87. The zero-order valence-electron chi connectivity index (χ0n) is 12.6. The van der Waals surface area contributed by atoms with E-state index in [2.05, 4.69) is 15.9 Å². The van der Waals surface area contributed by atoms with Gasteiger partial charge in [0.25, 0.3) is 5.91 Å². The van der Waals surface area contributed by atoms with Crippen LogP contribution in [0.15, 0.2) is 16.6 Å². The minimum absolute atomic E-state index is 0.0153. The zero-order valence-corrected chi connectivity index (χ0v) is 14.1. The van der Waals surface area contributed by atoms with Gasteiger partial charge in [-0.3, -0.25) is 4.79 Å². The summed E-state index contributed by atoms with van der Waals surface area (Å²) in [5.74, 6) is 1.15. The molecule has 0 unspecified atom stereocenters. The fourth-order valence-corrected chi connectivity index (χ4v) is 3.22. The highest BCUT2D eigenvalue weighted by atomic mass is 79.9. The van der Waals surface area contributed by atoms with E-state index < -0.39 is 0 Å². The predicted octanol–water partition coefficient (Wildman–Crippen LogP) is 2.42. The molecule has 2 N–H and O–H groups in total. The van der Waals surface area contributed by atoms with Gasteiger partial charge in [-0.25, -0.2) is 0 Å². The molecule has 5 nitrogen and oxygen atoms in total. The van der Waals surface area contributed by atoms with E-state index >= 15 is 0 Å². The van der Waals surface area contributed by atoms with Crippen LogP contribution in [-0.4, -0.2) is 43.7 Å². The molecule has 1 aliphatic rings. The van der Waals surface area contributed by atoms with Gasteiger partial charge in [-0.15, -0.1) is 0 Å². The Bertz CT molecular complexity index is 511. The number of halogens is 1. The van der Waals surface area contributed by atoms with Crippen molar-refractivity contribution < 1.29 is 14.3 Å². The molecule has 1 saturated heterocycles.